The lowest BCUT2D eigenvalue weighted by Crippen LogP contribution is -2.14. The Morgan fingerprint density at radius 1 is 1.44 bits per heavy atom. The molecule has 0 radical (unpaired) electrons. The van der Waals surface area contributed by atoms with Gasteiger partial charge in [0.25, 0.3) is 0 Å². The highest BCUT2D eigenvalue weighted by Gasteiger charge is 2.09. The van der Waals surface area contributed by atoms with Crippen LogP contribution in [0.5, 0.6) is 0 Å². The molecule has 1 aromatic carbocycles. The highest BCUT2D eigenvalue weighted by Crippen LogP contribution is 2.15. The van der Waals surface area contributed by atoms with Crippen molar-refractivity contribution in [3.63, 3.8) is 0 Å². The lowest BCUT2D eigenvalue weighted by atomic mass is 10.2. The van der Waals surface area contributed by atoms with Crippen LogP contribution in [0.1, 0.15) is 0 Å². The minimum Gasteiger partial charge on any atom is -0.388 e. The minimum absolute atomic E-state index is 0.0697. The van der Waals surface area contributed by atoms with Crippen LogP contribution in [0.2, 0.25) is 0 Å². The maximum Gasteiger partial charge on any atom is 0.438 e. The maximum atomic E-state index is 12.6. The Morgan fingerprint density at radius 3 is 2.75 bits per heavy atom. The number of hydrogen-bond donors (Lipinski definition) is 0. The molecule has 0 saturated carbocycles. The lowest BCUT2D eigenvalue weighted by Gasteiger charge is -1.92. The molecular formula is C10H6FN3O2. The van der Waals surface area contributed by atoms with E-state index in [2.05, 4.69) is 5.10 Å². The molecule has 1 aromatic heterocycles. The number of benzene rings is 1. The Hall–Kier alpha value is -2.42. The number of nitriles is 1. The summed E-state index contributed by atoms with van der Waals surface area (Å²) in [5, 5.41) is 12.2. The predicted molar refractivity (Wildman–Crippen MR) is 51.8 cm³/mol. The highest BCUT2D eigenvalue weighted by atomic mass is 19.1. The third-order valence-corrected chi connectivity index (χ3v) is 1.92. The van der Waals surface area contributed by atoms with Gasteiger partial charge in [0.1, 0.15) is 12.4 Å². The van der Waals surface area contributed by atoms with E-state index in [1.165, 1.54) is 24.3 Å². The van der Waals surface area contributed by atoms with Crippen molar-refractivity contribution in [2.75, 3.05) is 0 Å². The standard InChI is InChI=1S/C10H6FN3O2/c11-8-3-1-7(2-4-8)9-13-14(6-5-12)10(15)16-9/h1-4H,6H2. The second kappa shape index (κ2) is 3.98. The smallest absolute Gasteiger partial charge is 0.388 e. The molecule has 16 heavy (non-hydrogen) atoms. The lowest BCUT2D eigenvalue weighted by molar-refractivity contribution is 0.498. The SMILES string of the molecule is N#CCn1nc(-c2ccc(F)cc2)oc1=O. The van der Waals surface area contributed by atoms with Crippen LogP contribution in [-0.2, 0) is 6.54 Å². The van der Waals surface area contributed by atoms with Crippen LogP contribution >= 0.6 is 0 Å². The van der Waals surface area contributed by atoms with E-state index in [1.807, 2.05) is 0 Å². The molecule has 0 unspecified atom stereocenters. The van der Waals surface area contributed by atoms with Gasteiger partial charge in [-0.25, -0.2) is 9.18 Å². The molecule has 0 aliphatic rings. The van der Waals surface area contributed by atoms with E-state index in [1.54, 1.807) is 6.07 Å². The normalized spacial score (nSPS) is 10.0. The van der Waals surface area contributed by atoms with Crippen LogP contribution in [0.4, 0.5) is 4.39 Å². The maximum absolute atomic E-state index is 12.6. The van der Waals surface area contributed by atoms with E-state index >= 15 is 0 Å². The van der Waals surface area contributed by atoms with Crippen molar-refractivity contribution in [2.45, 2.75) is 6.54 Å². The first-order chi connectivity index (χ1) is 7.70. The topological polar surface area (TPSA) is 71.8 Å². The minimum atomic E-state index is -0.708. The molecule has 0 aliphatic carbocycles. The molecule has 6 heteroatoms. The van der Waals surface area contributed by atoms with E-state index < -0.39 is 5.76 Å². The van der Waals surface area contributed by atoms with Crippen LogP contribution in [0.15, 0.2) is 33.5 Å². The second-order valence-corrected chi connectivity index (χ2v) is 3.00. The van der Waals surface area contributed by atoms with Gasteiger partial charge in [-0.05, 0) is 24.3 Å². The zero-order valence-corrected chi connectivity index (χ0v) is 8.05. The van der Waals surface area contributed by atoms with Crippen LogP contribution < -0.4 is 5.76 Å². The van der Waals surface area contributed by atoms with Crippen LogP contribution in [0.3, 0.4) is 0 Å². The Labute approximate surface area is 89.4 Å². The van der Waals surface area contributed by atoms with Gasteiger partial charge in [0, 0.05) is 5.56 Å². The average Bonchev–Trinajstić information content (AvgIpc) is 2.62. The van der Waals surface area contributed by atoms with Gasteiger partial charge in [0.05, 0.1) is 6.07 Å². The molecule has 0 atom stereocenters. The van der Waals surface area contributed by atoms with Gasteiger partial charge in [0.15, 0.2) is 0 Å². The van der Waals surface area contributed by atoms with Crippen LogP contribution in [-0.4, -0.2) is 9.78 Å². The molecule has 0 bridgehead atoms. The molecule has 1 heterocycles. The Bertz CT molecular complexity index is 592. The highest BCUT2D eigenvalue weighted by molar-refractivity contribution is 5.51. The fourth-order valence-electron chi connectivity index (χ4n) is 1.18. The Balaban J connectivity index is 2.42. The molecule has 2 rings (SSSR count). The molecular weight excluding hydrogens is 213 g/mol. The number of hydrogen-bond acceptors (Lipinski definition) is 4. The molecule has 80 valence electrons. The average molecular weight is 219 g/mol. The molecule has 0 spiro atoms. The van der Waals surface area contributed by atoms with Gasteiger partial charge in [-0.2, -0.15) is 9.94 Å². The Morgan fingerprint density at radius 2 is 2.12 bits per heavy atom. The van der Waals surface area contributed by atoms with Crippen LogP contribution in [0.25, 0.3) is 11.5 Å². The van der Waals surface area contributed by atoms with Gasteiger partial charge in [0.2, 0.25) is 5.89 Å². The van der Waals surface area contributed by atoms with E-state index in [-0.39, 0.29) is 18.3 Å². The summed E-state index contributed by atoms with van der Waals surface area (Å²) < 4.78 is 18.4. The van der Waals surface area contributed by atoms with Crippen molar-refractivity contribution in [3.05, 3.63) is 40.6 Å². The molecule has 0 amide bonds. The zero-order chi connectivity index (χ0) is 11.5. The molecule has 0 saturated heterocycles. The van der Waals surface area contributed by atoms with Crippen molar-refractivity contribution >= 4 is 0 Å². The molecule has 0 fully saturated rings. The van der Waals surface area contributed by atoms with Crippen LogP contribution in [0, 0.1) is 17.1 Å². The zero-order valence-electron chi connectivity index (χ0n) is 8.05. The van der Waals surface area contributed by atoms with E-state index in [0.717, 1.165) is 4.68 Å². The quantitative estimate of drug-likeness (QED) is 0.759. The van der Waals surface area contributed by atoms with Crippen molar-refractivity contribution in [3.8, 4) is 17.5 Å². The third kappa shape index (κ3) is 1.83. The van der Waals surface area contributed by atoms with Gasteiger partial charge in [-0.1, -0.05) is 0 Å². The van der Waals surface area contributed by atoms with Crippen molar-refractivity contribution < 1.29 is 8.81 Å². The first-order valence-corrected chi connectivity index (χ1v) is 4.41. The summed E-state index contributed by atoms with van der Waals surface area (Å²) in [6, 6.07) is 7.13. The molecule has 0 N–H and O–H groups in total. The summed E-state index contributed by atoms with van der Waals surface area (Å²) in [6.45, 7) is -0.177. The summed E-state index contributed by atoms with van der Waals surface area (Å²) in [4.78, 5) is 11.2. The fourth-order valence-corrected chi connectivity index (χ4v) is 1.18. The van der Waals surface area contributed by atoms with E-state index in [0.29, 0.717) is 5.56 Å². The fraction of sp³-hybridized carbons (Fsp3) is 0.100. The van der Waals surface area contributed by atoms with E-state index in [9.17, 15) is 9.18 Å². The largest absolute Gasteiger partial charge is 0.438 e. The van der Waals surface area contributed by atoms with Crippen molar-refractivity contribution in [1.29, 1.82) is 5.26 Å². The first-order valence-electron chi connectivity index (χ1n) is 4.41. The van der Waals surface area contributed by atoms with Crippen molar-refractivity contribution in [2.24, 2.45) is 0 Å². The first kappa shape index (κ1) is 10.1. The monoisotopic (exact) mass is 219 g/mol. The summed E-state index contributed by atoms with van der Waals surface area (Å²) in [6.07, 6.45) is 0. The van der Waals surface area contributed by atoms with Gasteiger partial charge in [-0.3, -0.25) is 0 Å². The summed E-state index contributed by atoms with van der Waals surface area (Å²) in [5.74, 6) is -1.02. The third-order valence-electron chi connectivity index (χ3n) is 1.92. The number of nitrogens with zero attached hydrogens (tertiary/aromatic N) is 3. The molecule has 0 aliphatic heterocycles. The number of halogens is 1. The van der Waals surface area contributed by atoms with Gasteiger partial charge in [-0.15, -0.1) is 5.10 Å². The summed E-state index contributed by atoms with van der Waals surface area (Å²) >= 11 is 0. The Kier molecular flexibility index (Phi) is 2.52. The molecule has 5 nitrogen and oxygen atoms in total. The second-order valence-electron chi connectivity index (χ2n) is 3.00. The van der Waals surface area contributed by atoms with Gasteiger partial charge < -0.3 is 4.42 Å². The molecule has 2 aromatic rings. The summed E-state index contributed by atoms with van der Waals surface area (Å²) in [5.41, 5.74) is 0.482. The van der Waals surface area contributed by atoms with Gasteiger partial charge >= 0.3 is 5.76 Å². The predicted octanol–water partition coefficient (Wildman–Crippen LogP) is 1.17. The number of rotatable bonds is 2. The van der Waals surface area contributed by atoms with Crippen molar-refractivity contribution in [1.82, 2.24) is 9.78 Å². The number of aromatic nitrogens is 2. The summed E-state index contributed by atoms with van der Waals surface area (Å²) in [7, 11) is 0. The van der Waals surface area contributed by atoms with E-state index in [4.69, 9.17) is 9.68 Å².